The summed E-state index contributed by atoms with van der Waals surface area (Å²) in [6, 6.07) is 5.53. The molecule has 0 aromatic heterocycles. The minimum absolute atomic E-state index is 0.237. The molecule has 4 heteroatoms. The smallest absolute Gasteiger partial charge is 0.274 e. The van der Waals surface area contributed by atoms with Crippen molar-refractivity contribution in [3.63, 3.8) is 0 Å². The zero-order valence-electron chi connectivity index (χ0n) is 9.87. The summed E-state index contributed by atoms with van der Waals surface area (Å²) in [5, 5.41) is 0. The second-order valence-electron chi connectivity index (χ2n) is 3.57. The molecule has 0 aliphatic heterocycles. The quantitative estimate of drug-likeness (QED) is 0.609. The molecule has 1 rings (SSSR count). The summed E-state index contributed by atoms with van der Waals surface area (Å²) in [5.41, 5.74) is 5.21. The summed E-state index contributed by atoms with van der Waals surface area (Å²) in [6.45, 7) is 4.77. The van der Waals surface area contributed by atoms with E-state index in [1.807, 2.05) is 26.0 Å². The van der Waals surface area contributed by atoms with Gasteiger partial charge in [0.25, 0.3) is 5.91 Å². The van der Waals surface area contributed by atoms with Crippen molar-refractivity contribution >= 4 is 5.91 Å². The van der Waals surface area contributed by atoms with Crippen LogP contribution in [0.5, 0.6) is 0 Å². The van der Waals surface area contributed by atoms with Gasteiger partial charge in [0.2, 0.25) is 0 Å². The molecule has 1 aromatic rings. The summed E-state index contributed by atoms with van der Waals surface area (Å²) < 4.78 is 4.79. The van der Waals surface area contributed by atoms with Gasteiger partial charge in [-0.15, -0.1) is 0 Å². The van der Waals surface area contributed by atoms with Crippen molar-refractivity contribution in [1.82, 2.24) is 5.48 Å². The van der Waals surface area contributed by atoms with Crippen LogP contribution in [0.2, 0.25) is 0 Å². The monoisotopic (exact) mass is 223 g/mol. The van der Waals surface area contributed by atoms with Gasteiger partial charge < -0.3 is 4.74 Å². The predicted molar refractivity (Wildman–Crippen MR) is 61.2 cm³/mol. The van der Waals surface area contributed by atoms with Crippen LogP contribution in [0, 0.1) is 13.8 Å². The zero-order chi connectivity index (χ0) is 12.0. The molecule has 1 aromatic carbocycles. The Morgan fingerprint density at radius 1 is 1.25 bits per heavy atom. The molecule has 0 spiro atoms. The molecule has 0 fully saturated rings. The van der Waals surface area contributed by atoms with Crippen LogP contribution in [0.25, 0.3) is 0 Å². The summed E-state index contributed by atoms with van der Waals surface area (Å²) in [4.78, 5) is 16.5. The van der Waals surface area contributed by atoms with Gasteiger partial charge >= 0.3 is 0 Å². The van der Waals surface area contributed by atoms with Gasteiger partial charge in [-0.1, -0.05) is 6.07 Å². The molecule has 0 saturated heterocycles. The molecule has 0 bridgehead atoms. The van der Waals surface area contributed by atoms with E-state index < -0.39 is 0 Å². The predicted octanol–water partition coefficient (Wildman–Crippen LogP) is 1.61. The van der Waals surface area contributed by atoms with Gasteiger partial charge in [-0.05, 0) is 37.1 Å². The number of rotatable bonds is 5. The first kappa shape index (κ1) is 12.7. The Bertz CT molecular complexity index is 363. The van der Waals surface area contributed by atoms with Crippen LogP contribution in [-0.2, 0) is 9.57 Å². The number of methoxy groups -OCH3 is 1. The van der Waals surface area contributed by atoms with Crippen molar-refractivity contribution in [3.05, 3.63) is 34.9 Å². The van der Waals surface area contributed by atoms with E-state index in [0.717, 1.165) is 11.1 Å². The highest BCUT2D eigenvalue weighted by atomic mass is 16.7. The third kappa shape index (κ3) is 3.64. The van der Waals surface area contributed by atoms with E-state index in [1.54, 1.807) is 13.2 Å². The molecule has 0 aliphatic carbocycles. The van der Waals surface area contributed by atoms with E-state index in [4.69, 9.17) is 9.57 Å². The Labute approximate surface area is 95.5 Å². The maximum atomic E-state index is 11.6. The fraction of sp³-hybridized carbons (Fsp3) is 0.417. The third-order valence-corrected chi connectivity index (χ3v) is 2.32. The highest BCUT2D eigenvalue weighted by Crippen LogP contribution is 2.09. The molecule has 0 unspecified atom stereocenters. The number of nitrogens with one attached hydrogen (secondary N) is 1. The number of hydrogen-bond donors (Lipinski definition) is 1. The largest absolute Gasteiger partial charge is 0.382 e. The lowest BCUT2D eigenvalue weighted by Gasteiger charge is -2.07. The van der Waals surface area contributed by atoms with Gasteiger partial charge in [-0.25, -0.2) is 5.48 Å². The van der Waals surface area contributed by atoms with Crippen LogP contribution in [0.15, 0.2) is 18.2 Å². The molecule has 4 nitrogen and oxygen atoms in total. The average molecular weight is 223 g/mol. The van der Waals surface area contributed by atoms with Gasteiger partial charge in [0.15, 0.2) is 0 Å². The van der Waals surface area contributed by atoms with E-state index in [0.29, 0.717) is 18.8 Å². The summed E-state index contributed by atoms with van der Waals surface area (Å²) in [5.74, 6) is -0.237. The first-order valence-electron chi connectivity index (χ1n) is 5.13. The molecule has 0 aliphatic rings. The lowest BCUT2D eigenvalue weighted by Crippen LogP contribution is -2.25. The van der Waals surface area contributed by atoms with Crippen molar-refractivity contribution in [1.29, 1.82) is 0 Å². The highest BCUT2D eigenvalue weighted by Gasteiger charge is 2.05. The molecular formula is C12H17NO3. The van der Waals surface area contributed by atoms with Crippen molar-refractivity contribution in [2.24, 2.45) is 0 Å². The van der Waals surface area contributed by atoms with Crippen LogP contribution in [0.4, 0.5) is 0 Å². The molecule has 16 heavy (non-hydrogen) atoms. The van der Waals surface area contributed by atoms with E-state index in [2.05, 4.69) is 5.48 Å². The maximum absolute atomic E-state index is 11.6. The van der Waals surface area contributed by atoms with Crippen LogP contribution < -0.4 is 5.48 Å². The van der Waals surface area contributed by atoms with Crippen LogP contribution in [-0.4, -0.2) is 26.2 Å². The van der Waals surface area contributed by atoms with Crippen molar-refractivity contribution in [2.45, 2.75) is 13.8 Å². The molecule has 0 atom stereocenters. The first-order chi connectivity index (χ1) is 7.65. The Morgan fingerprint density at radius 2 is 2.00 bits per heavy atom. The molecule has 0 saturated carbocycles. The maximum Gasteiger partial charge on any atom is 0.274 e. The first-order valence-corrected chi connectivity index (χ1v) is 5.13. The summed E-state index contributed by atoms with van der Waals surface area (Å²) in [7, 11) is 1.58. The number of carbonyl (C=O) groups is 1. The number of carbonyl (C=O) groups excluding carboxylic acids is 1. The average Bonchev–Trinajstić information content (AvgIpc) is 2.28. The number of aryl methyl sites for hydroxylation is 2. The van der Waals surface area contributed by atoms with Gasteiger partial charge in [0.05, 0.1) is 13.2 Å². The fourth-order valence-corrected chi connectivity index (χ4v) is 1.18. The minimum Gasteiger partial charge on any atom is -0.382 e. The van der Waals surface area contributed by atoms with E-state index in [1.165, 1.54) is 0 Å². The molecule has 88 valence electrons. The summed E-state index contributed by atoms with van der Waals surface area (Å²) in [6.07, 6.45) is 0. The van der Waals surface area contributed by atoms with Gasteiger partial charge in [-0.2, -0.15) is 0 Å². The van der Waals surface area contributed by atoms with Crippen LogP contribution in [0.1, 0.15) is 21.5 Å². The number of ether oxygens (including phenoxy) is 1. The van der Waals surface area contributed by atoms with Crippen molar-refractivity contribution < 1.29 is 14.4 Å². The Kier molecular flexibility index (Phi) is 4.95. The molecule has 1 N–H and O–H groups in total. The van der Waals surface area contributed by atoms with Crippen molar-refractivity contribution in [2.75, 3.05) is 20.3 Å². The van der Waals surface area contributed by atoms with Gasteiger partial charge in [0, 0.05) is 12.7 Å². The lowest BCUT2D eigenvalue weighted by atomic mass is 10.1. The Morgan fingerprint density at radius 3 is 2.62 bits per heavy atom. The molecule has 0 radical (unpaired) electrons. The second kappa shape index (κ2) is 6.25. The topological polar surface area (TPSA) is 47.6 Å². The Hall–Kier alpha value is -1.39. The molecule has 1 amide bonds. The number of benzene rings is 1. The van der Waals surface area contributed by atoms with E-state index >= 15 is 0 Å². The molecule has 0 heterocycles. The van der Waals surface area contributed by atoms with Gasteiger partial charge in [-0.3, -0.25) is 9.63 Å². The number of hydrogen-bond acceptors (Lipinski definition) is 3. The van der Waals surface area contributed by atoms with Gasteiger partial charge in [0.1, 0.15) is 0 Å². The lowest BCUT2D eigenvalue weighted by molar-refractivity contribution is 0.00888. The standard InChI is InChI=1S/C12H17NO3/c1-9-4-5-11(8-10(9)2)12(14)13-16-7-6-15-3/h4-5,8H,6-7H2,1-3H3,(H,13,14). The fourth-order valence-electron chi connectivity index (χ4n) is 1.18. The van der Waals surface area contributed by atoms with Crippen LogP contribution in [0.3, 0.4) is 0 Å². The normalized spacial score (nSPS) is 10.2. The van der Waals surface area contributed by atoms with E-state index in [-0.39, 0.29) is 5.91 Å². The molecular weight excluding hydrogens is 206 g/mol. The number of hydroxylamine groups is 1. The number of amides is 1. The SMILES string of the molecule is COCCONC(=O)c1ccc(C)c(C)c1. The minimum atomic E-state index is -0.237. The van der Waals surface area contributed by atoms with Crippen molar-refractivity contribution in [3.8, 4) is 0 Å². The second-order valence-corrected chi connectivity index (χ2v) is 3.57. The Balaban J connectivity index is 2.50. The van der Waals surface area contributed by atoms with Crippen LogP contribution >= 0.6 is 0 Å². The summed E-state index contributed by atoms with van der Waals surface area (Å²) >= 11 is 0. The third-order valence-electron chi connectivity index (χ3n) is 2.32. The zero-order valence-corrected chi connectivity index (χ0v) is 9.87. The highest BCUT2D eigenvalue weighted by molar-refractivity contribution is 5.93. The van der Waals surface area contributed by atoms with E-state index in [9.17, 15) is 4.79 Å².